The first-order valence-corrected chi connectivity index (χ1v) is 8.97. The van der Waals surface area contributed by atoms with Crippen LogP contribution in [0.2, 0.25) is 5.15 Å². The minimum Gasteiger partial charge on any atom is -0.494 e. The Morgan fingerprint density at radius 3 is 2.69 bits per heavy atom. The van der Waals surface area contributed by atoms with Crippen molar-refractivity contribution in [3.8, 4) is 17.0 Å². The summed E-state index contributed by atoms with van der Waals surface area (Å²) in [4.78, 5) is 9.18. The summed E-state index contributed by atoms with van der Waals surface area (Å²) in [5.74, 6) is 0.204. The van der Waals surface area contributed by atoms with Gasteiger partial charge in [0.05, 0.1) is 22.1 Å². The van der Waals surface area contributed by atoms with Crippen molar-refractivity contribution < 1.29 is 5.11 Å². The van der Waals surface area contributed by atoms with Gasteiger partial charge in [-0.1, -0.05) is 29.8 Å². The van der Waals surface area contributed by atoms with Crippen LogP contribution in [-0.4, -0.2) is 19.6 Å². The van der Waals surface area contributed by atoms with Gasteiger partial charge in [0, 0.05) is 34.4 Å². The van der Waals surface area contributed by atoms with Crippen LogP contribution in [0.4, 0.5) is 5.69 Å². The molecule has 3 N–H and O–H groups in total. The second kappa shape index (κ2) is 5.35. The number of pyridine rings is 2. The number of aromatic nitrogens is 3. The second-order valence-electron chi connectivity index (χ2n) is 6.87. The van der Waals surface area contributed by atoms with Crippen molar-refractivity contribution in [2.45, 2.75) is 25.8 Å². The van der Waals surface area contributed by atoms with Crippen molar-refractivity contribution in [2.75, 3.05) is 5.73 Å². The summed E-state index contributed by atoms with van der Waals surface area (Å²) in [6.07, 6.45) is 4.04. The average Bonchev–Trinajstić information content (AvgIpc) is 3.39. The van der Waals surface area contributed by atoms with Gasteiger partial charge in [0.25, 0.3) is 0 Å². The summed E-state index contributed by atoms with van der Waals surface area (Å²) >= 11 is 6.39. The molecule has 3 aromatic heterocycles. The molecule has 0 spiro atoms. The molecule has 1 saturated carbocycles. The quantitative estimate of drug-likeness (QED) is 0.499. The molecular weight excluding hydrogens is 348 g/mol. The molecule has 5 rings (SSSR count). The van der Waals surface area contributed by atoms with E-state index < -0.39 is 0 Å². The van der Waals surface area contributed by atoms with E-state index in [9.17, 15) is 5.11 Å². The number of nitrogens with two attached hydrogens (primary N) is 1. The topological polar surface area (TPSA) is 77.0 Å². The molecule has 0 saturated heterocycles. The molecule has 0 bridgehead atoms. The molecule has 0 atom stereocenters. The van der Waals surface area contributed by atoms with Crippen molar-refractivity contribution in [1.82, 2.24) is 14.5 Å². The van der Waals surface area contributed by atoms with Crippen LogP contribution in [0, 0.1) is 6.92 Å². The van der Waals surface area contributed by atoms with Gasteiger partial charge >= 0.3 is 0 Å². The van der Waals surface area contributed by atoms with Crippen molar-refractivity contribution in [1.29, 1.82) is 0 Å². The first-order valence-electron chi connectivity index (χ1n) is 8.60. The number of nitrogen functional groups attached to an aromatic ring is 1. The van der Waals surface area contributed by atoms with Crippen molar-refractivity contribution in [2.24, 2.45) is 0 Å². The van der Waals surface area contributed by atoms with Crippen LogP contribution in [0.15, 0.2) is 36.5 Å². The van der Waals surface area contributed by atoms with Gasteiger partial charge in [-0.2, -0.15) is 0 Å². The number of anilines is 1. The average molecular weight is 365 g/mol. The van der Waals surface area contributed by atoms with Crippen LogP contribution in [0.25, 0.3) is 32.9 Å². The van der Waals surface area contributed by atoms with Gasteiger partial charge in [-0.15, -0.1) is 0 Å². The van der Waals surface area contributed by atoms with Crippen molar-refractivity contribution >= 4 is 39.1 Å². The van der Waals surface area contributed by atoms with Crippen LogP contribution >= 0.6 is 11.6 Å². The lowest BCUT2D eigenvalue weighted by atomic mass is 10.0. The standard InChI is InChI=1S/C20H17ClN4O/c1-10-5-8-13(19(21)23-10)12-3-2-4-14-17(22)16-15(24-18(12)14)9-25(20(16)26)11-6-7-11/h2-5,8-9,11,26H,6-7,22H2,1H3. The van der Waals surface area contributed by atoms with E-state index in [0.29, 0.717) is 27.8 Å². The summed E-state index contributed by atoms with van der Waals surface area (Å²) in [6, 6.07) is 10.0. The Bertz CT molecular complexity index is 1190. The summed E-state index contributed by atoms with van der Waals surface area (Å²) in [5.41, 5.74) is 11.0. The number of nitrogens with zero attached hydrogens (tertiary/aromatic N) is 3. The maximum atomic E-state index is 10.6. The van der Waals surface area contributed by atoms with E-state index in [-0.39, 0.29) is 5.88 Å². The van der Waals surface area contributed by atoms with Crippen LogP contribution in [0.3, 0.4) is 0 Å². The Morgan fingerprint density at radius 2 is 1.96 bits per heavy atom. The highest BCUT2D eigenvalue weighted by Gasteiger charge is 2.28. The number of hydrogen-bond acceptors (Lipinski definition) is 4. The lowest BCUT2D eigenvalue weighted by Crippen LogP contribution is -1.94. The van der Waals surface area contributed by atoms with Crippen LogP contribution < -0.4 is 5.73 Å². The van der Waals surface area contributed by atoms with Crippen molar-refractivity contribution in [3.63, 3.8) is 0 Å². The molecule has 130 valence electrons. The van der Waals surface area contributed by atoms with E-state index in [1.165, 1.54) is 0 Å². The Hall–Kier alpha value is -2.79. The van der Waals surface area contributed by atoms with Crippen LogP contribution in [-0.2, 0) is 0 Å². The molecule has 0 unspecified atom stereocenters. The number of halogens is 1. The largest absolute Gasteiger partial charge is 0.494 e. The maximum Gasteiger partial charge on any atom is 0.203 e. The first kappa shape index (κ1) is 15.5. The minimum absolute atomic E-state index is 0.204. The van der Waals surface area contributed by atoms with E-state index in [1.807, 2.05) is 48.0 Å². The molecule has 26 heavy (non-hydrogen) atoms. The molecule has 3 heterocycles. The van der Waals surface area contributed by atoms with Gasteiger partial charge in [-0.25, -0.2) is 9.97 Å². The molecule has 0 amide bonds. The third-order valence-electron chi connectivity index (χ3n) is 5.03. The van der Waals surface area contributed by atoms with E-state index in [2.05, 4.69) is 4.98 Å². The molecule has 1 aliphatic carbocycles. The second-order valence-corrected chi connectivity index (χ2v) is 7.23. The first-order chi connectivity index (χ1) is 12.5. The third-order valence-corrected chi connectivity index (χ3v) is 5.32. The highest BCUT2D eigenvalue weighted by molar-refractivity contribution is 6.32. The zero-order valence-corrected chi connectivity index (χ0v) is 15.0. The fraction of sp³-hybridized carbons (Fsp3) is 0.200. The van der Waals surface area contributed by atoms with Crippen LogP contribution in [0.5, 0.6) is 5.88 Å². The predicted molar refractivity (Wildman–Crippen MR) is 105 cm³/mol. The number of para-hydroxylation sites is 1. The zero-order chi connectivity index (χ0) is 18.0. The highest BCUT2D eigenvalue weighted by atomic mass is 35.5. The molecule has 0 radical (unpaired) electrons. The Labute approximate surface area is 155 Å². The summed E-state index contributed by atoms with van der Waals surface area (Å²) < 4.78 is 1.88. The fourth-order valence-electron chi connectivity index (χ4n) is 3.56. The fourth-order valence-corrected chi connectivity index (χ4v) is 3.85. The Balaban J connectivity index is 1.85. The van der Waals surface area contributed by atoms with E-state index in [0.717, 1.165) is 40.6 Å². The van der Waals surface area contributed by atoms with E-state index in [1.54, 1.807) is 0 Å². The lowest BCUT2D eigenvalue weighted by Gasteiger charge is -2.10. The van der Waals surface area contributed by atoms with E-state index >= 15 is 0 Å². The third kappa shape index (κ3) is 2.17. The molecule has 1 aliphatic rings. The monoisotopic (exact) mass is 364 g/mol. The number of hydrogen-bond donors (Lipinski definition) is 2. The highest BCUT2D eigenvalue weighted by Crippen LogP contribution is 2.45. The molecule has 1 fully saturated rings. The van der Waals surface area contributed by atoms with Gasteiger partial charge < -0.3 is 15.4 Å². The van der Waals surface area contributed by atoms with Gasteiger partial charge in [0.15, 0.2) is 0 Å². The Morgan fingerprint density at radius 1 is 1.15 bits per heavy atom. The number of aromatic hydroxyl groups is 1. The molecule has 5 nitrogen and oxygen atoms in total. The molecule has 1 aromatic carbocycles. The summed E-state index contributed by atoms with van der Waals surface area (Å²) in [7, 11) is 0. The number of rotatable bonds is 2. The normalized spacial score (nSPS) is 14.4. The number of aryl methyl sites for hydroxylation is 1. The SMILES string of the molecule is Cc1ccc(-c2cccc3c(N)c4c(O)n(C5CC5)cc4nc23)c(Cl)n1. The van der Waals surface area contributed by atoms with Crippen molar-refractivity contribution in [3.05, 3.63) is 47.4 Å². The molecule has 6 heteroatoms. The summed E-state index contributed by atoms with van der Waals surface area (Å²) in [5, 5.41) is 12.5. The smallest absolute Gasteiger partial charge is 0.203 e. The van der Waals surface area contributed by atoms with Gasteiger partial charge in [0.2, 0.25) is 5.88 Å². The number of benzene rings is 1. The zero-order valence-electron chi connectivity index (χ0n) is 14.2. The molecule has 0 aliphatic heterocycles. The minimum atomic E-state index is 0.204. The van der Waals surface area contributed by atoms with Crippen LogP contribution in [0.1, 0.15) is 24.6 Å². The predicted octanol–water partition coefficient (Wildman–Crippen LogP) is 4.84. The van der Waals surface area contributed by atoms with Gasteiger partial charge in [-0.05, 0) is 31.9 Å². The number of fused-ring (bicyclic) bond motifs is 2. The maximum absolute atomic E-state index is 10.6. The van der Waals surface area contributed by atoms with E-state index in [4.69, 9.17) is 22.3 Å². The summed E-state index contributed by atoms with van der Waals surface area (Å²) in [6.45, 7) is 1.90. The molecular formula is C20H17ClN4O. The van der Waals surface area contributed by atoms with Gasteiger partial charge in [0.1, 0.15) is 5.15 Å². The Kier molecular flexibility index (Phi) is 3.18. The lowest BCUT2D eigenvalue weighted by molar-refractivity contribution is 0.424. The molecule has 4 aromatic rings. The van der Waals surface area contributed by atoms with Gasteiger partial charge in [-0.3, -0.25) is 0 Å².